The fourth-order valence-corrected chi connectivity index (χ4v) is 3.11. The summed E-state index contributed by atoms with van der Waals surface area (Å²) in [7, 11) is 1.55. The van der Waals surface area contributed by atoms with Crippen molar-refractivity contribution in [3.8, 4) is 5.88 Å². The van der Waals surface area contributed by atoms with Gasteiger partial charge in [-0.3, -0.25) is 9.59 Å². The average Bonchev–Trinajstić information content (AvgIpc) is 2.68. The lowest BCUT2D eigenvalue weighted by Gasteiger charge is -2.32. The van der Waals surface area contributed by atoms with Crippen LogP contribution in [0.1, 0.15) is 19.8 Å². The second-order valence-electron chi connectivity index (χ2n) is 6.47. The van der Waals surface area contributed by atoms with E-state index in [1.54, 1.807) is 37.4 Å². The molecule has 0 saturated carbocycles. The summed E-state index contributed by atoms with van der Waals surface area (Å²) in [5, 5.41) is 13.8. The van der Waals surface area contributed by atoms with Gasteiger partial charge in [0.2, 0.25) is 17.7 Å². The minimum atomic E-state index is -0.151. The molecule has 1 saturated heterocycles. The quantitative estimate of drug-likeness (QED) is 0.839. The van der Waals surface area contributed by atoms with Crippen molar-refractivity contribution in [3.63, 3.8) is 0 Å². The predicted octanol–water partition coefficient (Wildman–Crippen LogP) is 2.30. The Labute approximate surface area is 157 Å². The van der Waals surface area contributed by atoms with Gasteiger partial charge < -0.3 is 20.3 Å². The number of anilines is 3. The topological polar surface area (TPSA) is 96.5 Å². The second-order valence-corrected chi connectivity index (χ2v) is 6.47. The first-order valence-corrected chi connectivity index (χ1v) is 8.86. The van der Waals surface area contributed by atoms with Crippen LogP contribution in [-0.4, -0.2) is 42.2 Å². The van der Waals surface area contributed by atoms with E-state index in [0.717, 1.165) is 25.2 Å². The van der Waals surface area contributed by atoms with Crippen LogP contribution in [0.2, 0.25) is 0 Å². The highest BCUT2D eigenvalue weighted by molar-refractivity contribution is 5.94. The Morgan fingerprint density at radius 3 is 2.59 bits per heavy atom. The van der Waals surface area contributed by atoms with E-state index in [-0.39, 0.29) is 17.7 Å². The number of methoxy groups -OCH3 is 1. The summed E-state index contributed by atoms with van der Waals surface area (Å²) in [5.41, 5.74) is 1.31. The summed E-state index contributed by atoms with van der Waals surface area (Å²) in [4.78, 5) is 25.9. The third-order valence-corrected chi connectivity index (χ3v) is 4.40. The van der Waals surface area contributed by atoms with E-state index in [1.165, 1.54) is 6.92 Å². The van der Waals surface area contributed by atoms with Crippen molar-refractivity contribution in [2.45, 2.75) is 19.8 Å². The molecule has 2 N–H and O–H groups in total. The molecule has 142 valence electrons. The number of carbonyl (C=O) groups is 2. The smallest absolute Gasteiger partial charge is 0.233 e. The Bertz CT molecular complexity index is 809. The molecule has 1 aliphatic rings. The zero-order chi connectivity index (χ0) is 19.2. The molecular formula is C19H23N5O3. The molecule has 1 fully saturated rings. The fraction of sp³-hybridized carbons (Fsp3) is 0.368. The molecule has 1 aliphatic heterocycles. The number of ether oxygens (including phenoxy) is 1. The number of carbonyl (C=O) groups excluding carboxylic acids is 2. The number of nitrogens with zero attached hydrogens (tertiary/aromatic N) is 3. The molecule has 0 radical (unpaired) electrons. The van der Waals surface area contributed by atoms with Gasteiger partial charge in [0.05, 0.1) is 13.0 Å². The van der Waals surface area contributed by atoms with E-state index in [4.69, 9.17) is 4.74 Å². The Balaban J connectivity index is 1.63. The number of piperidine rings is 1. The number of hydrogen-bond acceptors (Lipinski definition) is 6. The lowest BCUT2D eigenvalue weighted by atomic mass is 9.97. The monoisotopic (exact) mass is 369 g/mol. The lowest BCUT2D eigenvalue weighted by molar-refractivity contribution is -0.120. The Kier molecular flexibility index (Phi) is 5.85. The van der Waals surface area contributed by atoms with Crippen molar-refractivity contribution >= 4 is 29.0 Å². The molecule has 1 aromatic carbocycles. The van der Waals surface area contributed by atoms with Crippen molar-refractivity contribution in [3.05, 3.63) is 36.4 Å². The van der Waals surface area contributed by atoms with Crippen molar-refractivity contribution in [2.75, 3.05) is 35.7 Å². The zero-order valence-electron chi connectivity index (χ0n) is 15.4. The van der Waals surface area contributed by atoms with Crippen molar-refractivity contribution < 1.29 is 14.3 Å². The summed E-state index contributed by atoms with van der Waals surface area (Å²) in [6, 6.07) is 10.7. The maximum absolute atomic E-state index is 12.7. The number of rotatable bonds is 5. The summed E-state index contributed by atoms with van der Waals surface area (Å²) in [6.07, 6.45) is 1.72. The number of nitrogens with one attached hydrogen (secondary N) is 2. The van der Waals surface area contributed by atoms with E-state index in [1.807, 2.05) is 6.07 Å². The van der Waals surface area contributed by atoms with Crippen LogP contribution in [0.5, 0.6) is 5.88 Å². The molecule has 0 bridgehead atoms. The van der Waals surface area contributed by atoms with Gasteiger partial charge in [-0.15, -0.1) is 10.2 Å². The fourth-order valence-electron chi connectivity index (χ4n) is 3.11. The normalized spacial score (nSPS) is 16.5. The number of benzene rings is 1. The summed E-state index contributed by atoms with van der Waals surface area (Å²) >= 11 is 0. The van der Waals surface area contributed by atoms with Gasteiger partial charge >= 0.3 is 0 Å². The third kappa shape index (κ3) is 4.93. The Hall–Kier alpha value is -3.16. The van der Waals surface area contributed by atoms with Crippen LogP contribution in [0.25, 0.3) is 0 Å². The second kappa shape index (κ2) is 8.48. The highest BCUT2D eigenvalue weighted by atomic mass is 16.5. The third-order valence-electron chi connectivity index (χ3n) is 4.40. The van der Waals surface area contributed by atoms with E-state index in [2.05, 4.69) is 25.7 Å². The molecule has 2 amide bonds. The van der Waals surface area contributed by atoms with Gasteiger partial charge in [-0.2, -0.15) is 0 Å². The summed E-state index contributed by atoms with van der Waals surface area (Å²) < 4.78 is 5.03. The minimum Gasteiger partial charge on any atom is -0.480 e. The van der Waals surface area contributed by atoms with Gasteiger partial charge in [-0.25, -0.2) is 0 Å². The first-order chi connectivity index (χ1) is 13.0. The van der Waals surface area contributed by atoms with Crippen LogP contribution in [-0.2, 0) is 9.59 Å². The molecule has 1 unspecified atom stereocenters. The molecule has 8 nitrogen and oxygen atoms in total. The van der Waals surface area contributed by atoms with Crippen LogP contribution in [0.4, 0.5) is 17.2 Å². The zero-order valence-corrected chi connectivity index (χ0v) is 15.4. The van der Waals surface area contributed by atoms with Gasteiger partial charge in [0, 0.05) is 37.5 Å². The largest absolute Gasteiger partial charge is 0.480 e. The van der Waals surface area contributed by atoms with E-state index < -0.39 is 0 Å². The van der Waals surface area contributed by atoms with Gasteiger partial charge in [0.1, 0.15) is 0 Å². The Morgan fingerprint density at radius 1 is 1.15 bits per heavy atom. The molecule has 8 heteroatoms. The molecule has 27 heavy (non-hydrogen) atoms. The molecule has 1 aromatic heterocycles. The van der Waals surface area contributed by atoms with E-state index >= 15 is 0 Å². The number of amides is 2. The average molecular weight is 369 g/mol. The van der Waals surface area contributed by atoms with Gasteiger partial charge in [-0.05, 0) is 37.1 Å². The molecule has 2 aromatic rings. The molecule has 0 aliphatic carbocycles. The lowest BCUT2D eigenvalue weighted by Crippen LogP contribution is -2.41. The van der Waals surface area contributed by atoms with Crippen LogP contribution in [0.15, 0.2) is 36.4 Å². The molecular weight excluding hydrogens is 346 g/mol. The first-order valence-electron chi connectivity index (χ1n) is 8.86. The van der Waals surface area contributed by atoms with Crippen LogP contribution in [0.3, 0.4) is 0 Å². The predicted molar refractivity (Wildman–Crippen MR) is 103 cm³/mol. The molecule has 1 atom stereocenters. The van der Waals surface area contributed by atoms with Crippen LogP contribution >= 0.6 is 0 Å². The number of aromatic nitrogens is 2. The van der Waals surface area contributed by atoms with Gasteiger partial charge in [-0.1, -0.05) is 6.07 Å². The minimum absolute atomic E-state index is 0.0406. The van der Waals surface area contributed by atoms with Gasteiger partial charge in [0.15, 0.2) is 5.82 Å². The van der Waals surface area contributed by atoms with Crippen molar-refractivity contribution in [1.82, 2.24) is 10.2 Å². The van der Waals surface area contributed by atoms with Crippen LogP contribution in [0, 0.1) is 5.92 Å². The van der Waals surface area contributed by atoms with Gasteiger partial charge in [0.25, 0.3) is 0 Å². The maximum Gasteiger partial charge on any atom is 0.233 e. The summed E-state index contributed by atoms with van der Waals surface area (Å²) in [5.74, 6) is 0.861. The van der Waals surface area contributed by atoms with E-state index in [0.29, 0.717) is 23.8 Å². The highest BCUT2D eigenvalue weighted by Gasteiger charge is 2.27. The first kappa shape index (κ1) is 18.6. The Morgan fingerprint density at radius 2 is 1.93 bits per heavy atom. The summed E-state index contributed by atoms with van der Waals surface area (Å²) in [6.45, 7) is 2.87. The molecule has 2 heterocycles. The highest BCUT2D eigenvalue weighted by Crippen LogP contribution is 2.24. The van der Waals surface area contributed by atoms with E-state index in [9.17, 15) is 9.59 Å². The van der Waals surface area contributed by atoms with Crippen molar-refractivity contribution in [2.24, 2.45) is 5.92 Å². The SMILES string of the molecule is COc1ccc(N2CCCC(C(=O)Nc3cccc(NC(C)=O)c3)C2)nn1. The molecule has 3 rings (SSSR count). The van der Waals surface area contributed by atoms with Crippen LogP contribution < -0.4 is 20.3 Å². The molecule has 0 spiro atoms. The van der Waals surface area contributed by atoms with Crippen molar-refractivity contribution in [1.29, 1.82) is 0 Å². The standard InChI is InChI=1S/C19H23N5O3/c1-13(25)20-15-6-3-7-16(11-15)21-19(26)14-5-4-10-24(12-14)17-8-9-18(27-2)23-22-17/h3,6-9,11,14H,4-5,10,12H2,1-2H3,(H,20,25)(H,21,26). The number of hydrogen-bond donors (Lipinski definition) is 2. The maximum atomic E-state index is 12.7.